The zero-order valence-corrected chi connectivity index (χ0v) is 40.8. The molecule has 0 amide bonds. The predicted molar refractivity (Wildman–Crippen MR) is 218 cm³/mol. The summed E-state index contributed by atoms with van der Waals surface area (Å²) in [5.41, 5.74) is 5.71. The van der Waals surface area contributed by atoms with Crippen molar-refractivity contribution in [3.8, 4) is 11.5 Å². The zero-order valence-electron chi connectivity index (χ0n) is 35.7. The first-order valence-corrected chi connectivity index (χ1v) is 24.9. The standard InChI is InChI=1S/C34H54N2O2.C4H14NSi2.C4H8O.Y/c1-31(2,3)25-17-23(29(37)27(19-25)33(7,8)9)21-35-13-15-36(16-14-35)22-24-18-26(32(4,5)6)20-28(30(24)38)34(10,11)12;1-6(2)5-7(3)4;1-2-4-5-3-1;/h17-20,37-38H,13-16,21-22H2,1-12H3;6-7H,1-4H3;1-4H2;/q;-1;;+3/p-2. The molecule has 0 unspecified atom stereocenters. The molecular formula is C42H74N3O3Si2Y. The van der Waals surface area contributed by atoms with Crippen LogP contribution in [0.4, 0.5) is 0 Å². The second-order valence-electron chi connectivity index (χ2n) is 19.2. The Bertz CT molecular complexity index is 1240. The molecule has 2 saturated heterocycles. The Morgan fingerprint density at radius 1 is 0.569 bits per heavy atom. The van der Waals surface area contributed by atoms with Crippen LogP contribution < -0.4 is 10.2 Å². The van der Waals surface area contributed by atoms with Crippen molar-refractivity contribution in [3.63, 3.8) is 0 Å². The summed E-state index contributed by atoms with van der Waals surface area (Å²) in [6.07, 6.45) is 2.56. The molecule has 9 heteroatoms. The van der Waals surface area contributed by atoms with Crippen molar-refractivity contribution in [1.82, 2.24) is 9.80 Å². The Morgan fingerprint density at radius 2 is 0.882 bits per heavy atom. The molecule has 0 aliphatic carbocycles. The number of piperazine rings is 1. The van der Waals surface area contributed by atoms with Gasteiger partial charge in [0.1, 0.15) is 0 Å². The molecule has 51 heavy (non-hydrogen) atoms. The maximum Gasteiger partial charge on any atom is 3.00 e. The number of ether oxygens (including phenoxy) is 1. The van der Waals surface area contributed by atoms with Gasteiger partial charge in [-0.25, -0.2) is 0 Å². The number of hydrogen-bond donors (Lipinski definition) is 0. The zero-order chi connectivity index (χ0) is 38.2. The van der Waals surface area contributed by atoms with Gasteiger partial charge < -0.3 is 19.6 Å². The number of benzene rings is 2. The molecule has 2 fully saturated rings. The SMILES string of the molecule is C1CCOC1.CC(C)(C)c1cc(CN2CCN(Cc3cc(C(C)(C)C)cc(C(C)(C)C)c3[O-])CC2)c([O-])c(C(C)(C)C)c1.C[SiH](C)[N-][SiH](C)C.[Y+3]. The normalized spacial score (nSPS) is 16.4. The van der Waals surface area contributed by atoms with Crippen LogP contribution in [0.15, 0.2) is 24.3 Å². The summed E-state index contributed by atoms with van der Waals surface area (Å²) in [5.74, 6) is 0.385. The van der Waals surface area contributed by atoms with E-state index in [1.54, 1.807) is 0 Å². The van der Waals surface area contributed by atoms with Crippen LogP contribution in [-0.4, -0.2) is 67.1 Å². The van der Waals surface area contributed by atoms with Crippen LogP contribution in [0.25, 0.3) is 4.65 Å². The molecule has 286 valence electrons. The molecule has 0 N–H and O–H groups in total. The van der Waals surface area contributed by atoms with E-state index >= 15 is 0 Å². The molecule has 4 rings (SSSR count). The van der Waals surface area contributed by atoms with Crippen molar-refractivity contribution in [2.45, 2.75) is 157 Å². The summed E-state index contributed by atoms with van der Waals surface area (Å²) in [6.45, 7) is 42.1. The van der Waals surface area contributed by atoms with Gasteiger partial charge in [-0.2, -0.15) is 0 Å². The second-order valence-corrected chi connectivity index (χ2v) is 24.8. The molecular weight excluding hydrogens is 740 g/mol. The molecule has 2 aliphatic rings. The van der Waals surface area contributed by atoms with E-state index < -0.39 is 17.9 Å². The summed E-state index contributed by atoms with van der Waals surface area (Å²) >= 11 is 0. The van der Waals surface area contributed by atoms with E-state index in [-0.39, 0.29) is 65.9 Å². The fraction of sp³-hybridized carbons (Fsp3) is 0.714. The predicted octanol–water partition coefficient (Wildman–Crippen LogP) is 8.46. The van der Waals surface area contributed by atoms with Crippen molar-refractivity contribution < 1.29 is 47.7 Å². The van der Waals surface area contributed by atoms with Crippen LogP contribution in [0.5, 0.6) is 11.5 Å². The Balaban J connectivity index is 0.000000847. The van der Waals surface area contributed by atoms with E-state index in [9.17, 15) is 10.2 Å². The maximum absolute atomic E-state index is 13.5. The second kappa shape index (κ2) is 20.4. The molecule has 2 aliphatic heterocycles. The van der Waals surface area contributed by atoms with Gasteiger partial charge in [-0.3, -0.25) is 9.80 Å². The first-order chi connectivity index (χ1) is 22.8. The quantitative estimate of drug-likeness (QED) is 0.274. The minimum Gasteiger partial charge on any atom is -0.872 e. The molecule has 0 radical (unpaired) electrons. The third-order valence-corrected chi connectivity index (χ3v) is 14.1. The van der Waals surface area contributed by atoms with Gasteiger partial charge in [0.25, 0.3) is 0 Å². The largest absolute Gasteiger partial charge is 3.00 e. The van der Waals surface area contributed by atoms with Gasteiger partial charge in [0.15, 0.2) is 0 Å². The molecule has 0 bridgehead atoms. The van der Waals surface area contributed by atoms with Crippen LogP contribution in [0.1, 0.15) is 129 Å². The van der Waals surface area contributed by atoms with Gasteiger partial charge in [0.05, 0.1) is 0 Å². The summed E-state index contributed by atoms with van der Waals surface area (Å²) in [7, 11) is -1.08. The number of nitrogens with zero attached hydrogens (tertiary/aromatic N) is 3. The first kappa shape index (κ1) is 48.4. The summed E-state index contributed by atoms with van der Waals surface area (Å²) in [4.78, 5) is 4.80. The van der Waals surface area contributed by atoms with Crippen LogP contribution in [-0.2, 0) is 72.2 Å². The molecule has 2 heterocycles. The molecule has 0 spiro atoms. The monoisotopic (exact) mass is 813 g/mol. The van der Waals surface area contributed by atoms with E-state index in [2.05, 4.69) is 148 Å². The van der Waals surface area contributed by atoms with Crippen LogP contribution >= 0.6 is 0 Å². The maximum atomic E-state index is 13.5. The summed E-state index contributed by atoms with van der Waals surface area (Å²) in [5, 5.41) is 26.9. The minimum absolute atomic E-state index is 0. The van der Waals surface area contributed by atoms with Crippen LogP contribution in [0.2, 0.25) is 26.2 Å². The Hall–Kier alpha value is -0.582. The van der Waals surface area contributed by atoms with Crippen molar-refractivity contribution in [2.75, 3.05) is 39.4 Å². The fourth-order valence-electron chi connectivity index (χ4n) is 6.29. The van der Waals surface area contributed by atoms with Gasteiger partial charge >= 0.3 is 32.7 Å². The molecule has 0 saturated carbocycles. The minimum atomic E-state index is -0.542. The van der Waals surface area contributed by atoms with E-state index in [0.29, 0.717) is 13.1 Å². The van der Waals surface area contributed by atoms with E-state index in [1.807, 2.05) is 0 Å². The van der Waals surface area contributed by atoms with Crippen molar-refractivity contribution >= 4 is 17.9 Å². The van der Waals surface area contributed by atoms with E-state index in [4.69, 9.17) is 4.74 Å². The van der Waals surface area contributed by atoms with Crippen molar-refractivity contribution in [3.05, 3.63) is 62.3 Å². The van der Waals surface area contributed by atoms with Crippen molar-refractivity contribution in [1.29, 1.82) is 0 Å². The van der Waals surface area contributed by atoms with Gasteiger partial charge in [-0.15, -0.1) is 11.5 Å². The van der Waals surface area contributed by atoms with Gasteiger partial charge in [-0.1, -0.05) is 151 Å². The molecule has 2 aromatic rings. The fourth-order valence-corrected chi connectivity index (χ4v) is 11.1. The Labute approximate surface area is 343 Å². The Morgan fingerprint density at radius 3 is 1.08 bits per heavy atom. The van der Waals surface area contributed by atoms with Gasteiger partial charge in [0, 0.05) is 52.5 Å². The van der Waals surface area contributed by atoms with Crippen LogP contribution in [0.3, 0.4) is 0 Å². The third-order valence-electron chi connectivity index (χ3n) is 9.36. The molecule has 2 aromatic carbocycles. The molecule has 0 aromatic heterocycles. The van der Waals surface area contributed by atoms with E-state index in [0.717, 1.165) is 61.6 Å². The Kier molecular flexibility index (Phi) is 19.3. The van der Waals surface area contributed by atoms with Gasteiger partial charge in [0.2, 0.25) is 0 Å². The average Bonchev–Trinajstić information content (AvgIpc) is 3.54. The summed E-state index contributed by atoms with van der Waals surface area (Å²) < 4.78 is 9.50. The third kappa shape index (κ3) is 16.4. The van der Waals surface area contributed by atoms with Gasteiger partial charge in [-0.05, 0) is 67.9 Å². The van der Waals surface area contributed by atoms with E-state index in [1.165, 1.54) is 24.0 Å². The summed E-state index contributed by atoms with van der Waals surface area (Å²) in [6, 6.07) is 8.53. The molecule has 6 nitrogen and oxygen atoms in total. The topological polar surface area (TPSA) is 75.9 Å². The number of rotatable bonds is 6. The number of hydrogen-bond acceptors (Lipinski definition) is 5. The average molecular weight is 814 g/mol. The smallest absolute Gasteiger partial charge is 0.872 e. The first-order valence-electron chi connectivity index (χ1n) is 19.2. The van der Waals surface area contributed by atoms with Crippen molar-refractivity contribution in [2.24, 2.45) is 0 Å². The molecule has 0 atom stereocenters. The van der Waals surface area contributed by atoms with Crippen LogP contribution in [0, 0.1) is 0 Å².